The fourth-order valence-corrected chi connectivity index (χ4v) is 3.52. The Morgan fingerprint density at radius 1 is 1.18 bits per heavy atom. The molecule has 0 aliphatic carbocycles. The summed E-state index contributed by atoms with van der Waals surface area (Å²) in [6.07, 6.45) is 5.52. The van der Waals surface area contributed by atoms with E-state index >= 15 is 0 Å². The molecule has 0 unspecified atom stereocenters. The molecule has 0 saturated carbocycles. The van der Waals surface area contributed by atoms with Crippen molar-refractivity contribution in [3.8, 4) is 0 Å². The van der Waals surface area contributed by atoms with Crippen molar-refractivity contribution in [1.29, 1.82) is 0 Å². The van der Waals surface area contributed by atoms with E-state index in [1.807, 2.05) is 6.07 Å². The highest BCUT2D eigenvalue weighted by atomic mass is 16.2. The molecule has 2 atom stereocenters. The maximum Gasteiger partial charge on any atom is 0.227 e. The highest BCUT2D eigenvalue weighted by Crippen LogP contribution is 2.23. The normalized spacial score (nSPS) is 27.0. The van der Waals surface area contributed by atoms with Crippen molar-refractivity contribution in [2.24, 2.45) is 5.92 Å². The Kier molecular flexibility index (Phi) is 4.57. The first kappa shape index (κ1) is 15.2. The van der Waals surface area contributed by atoms with E-state index in [9.17, 15) is 4.79 Å². The van der Waals surface area contributed by atoms with E-state index in [1.54, 1.807) is 12.4 Å². The summed E-state index contributed by atoms with van der Waals surface area (Å²) >= 11 is 0. The lowest BCUT2D eigenvalue weighted by Gasteiger charge is -2.41. The molecule has 0 radical (unpaired) electrons. The number of carbonyl (C=O) groups excluding carboxylic acids is 1. The van der Waals surface area contributed by atoms with Crippen LogP contribution in [0.1, 0.15) is 19.8 Å². The predicted octanol–water partition coefficient (Wildman–Crippen LogP) is 0.855. The average Bonchev–Trinajstić information content (AvgIpc) is 2.55. The Balaban J connectivity index is 1.65. The molecule has 3 heterocycles. The third-order valence-corrected chi connectivity index (χ3v) is 4.72. The van der Waals surface area contributed by atoms with Gasteiger partial charge in [-0.25, -0.2) is 9.97 Å². The Hall–Kier alpha value is -1.69. The Morgan fingerprint density at radius 3 is 2.68 bits per heavy atom. The zero-order chi connectivity index (χ0) is 15.5. The number of aromatic nitrogens is 2. The van der Waals surface area contributed by atoms with Gasteiger partial charge in [0.2, 0.25) is 11.9 Å². The summed E-state index contributed by atoms with van der Waals surface area (Å²) in [6, 6.07) is 2.12. The van der Waals surface area contributed by atoms with Gasteiger partial charge in [0.15, 0.2) is 0 Å². The van der Waals surface area contributed by atoms with Gasteiger partial charge in [-0.15, -0.1) is 0 Å². The lowest BCUT2D eigenvalue weighted by atomic mass is 9.95. The van der Waals surface area contributed by atoms with Gasteiger partial charge in [0, 0.05) is 51.2 Å². The Labute approximate surface area is 132 Å². The molecule has 1 amide bonds. The molecular weight excluding hydrogens is 278 g/mol. The molecule has 2 fully saturated rings. The van der Waals surface area contributed by atoms with Crippen molar-refractivity contribution < 1.29 is 4.79 Å². The van der Waals surface area contributed by atoms with Gasteiger partial charge in [-0.1, -0.05) is 0 Å². The molecule has 22 heavy (non-hydrogen) atoms. The second-order valence-electron chi connectivity index (χ2n) is 6.48. The first-order chi connectivity index (χ1) is 10.6. The topological polar surface area (TPSA) is 52.6 Å². The number of amides is 1. The van der Waals surface area contributed by atoms with E-state index in [1.165, 1.54) is 0 Å². The van der Waals surface area contributed by atoms with Gasteiger partial charge in [-0.05, 0) is 32.9 Å². The molecule has 0 bridgehead atoms. The van der Waals surface area contributed by atoms with E-state index in [2.05, 4.69) is 38.6 Å². The minimum Gasteiger partial charge on any atom is -0.340 e. The minimum atomic E-state index is 0.0726. The summed E-state index contributed by atoms with van der Waals surface area (Å²) in [7, 11) is 2.12. The van der Waals surface area contributed by atoms with Crippen molar-refractivity contribution in [1.82, 2.24) is 19.8 Å². The van der Waals surface area contributed by atoms with Crippen molar-refractivity contribution in [2.75, 3.05) is 44.7 Å². The van der Waals surface area contributed by atoms with Crippen LogP contribution >= 0.6 is 0 Å². The summed E-state index contributed by atoms with van der Waals surface area (Å²) < 4.78 is 0. The third-order valence-electron chi connectivity index (χ3n) is 4.72. The monoisotopic (exact) mass is 303 g/mol. The van der Waals surface area contributed by atoms with Crippen LogP contribution in [0.4, 0.5) is 5.95 Å². The lowest BCUT2D eigenvalue weighted by molar-refractivity contribution is -0.140. The van der Waals surface area contributed by atoms with Gasteiger partial charge in [-0.3, -0.25) is 4.79 Å². The summed E-state index contributed by atoms with van der Waals surface area (Å²) in [6.45, 7) is 6.59. The minimum absolute atomic E-state index is 0.0726. The molecule has 2 aliphatic heterocycles. The molecule has 1 aromatic rings. The van der Waals surface area contributed by atoms with Crippen LogP contribution in [0.5, 0.6) is 0 Å². The first-order valence-corrected chi connectivity index (χ1v) is 8.16. The zero-order valence-electron chi connectivity index (χ0n) is 13.5. The van der Waals surface area contributed by atoms with Gasteiger partial charge in [0.25, 0.3) is 0 Å². The summed E-state index contributed by atoms with van der Waals surface area (Å²) in [5.41, 5.74) is 0. The average molecular weight is 303 g/mol. The van der Waals surface area contributed by atoms with Crippen LogP contribution in [-0.4, -0.2) is 71.5 Å². The number of hydrogen-bond acceptors (Lipinski definition) is 5. The molecule has 2 aliphatic rings. The molecule has 0 N–H and O–H groups in total. The van der Waals surface area contributed by atoms with E-state index in [0.717, 1.165) is 51.5 Å². The molecule has 0 spiro atoms. The molecule has 120 valence electrons. The fourth-order valence-electron chi connectivity index (χ4n) is 3.52. The number of nitrogens with zero attached hydrogens (tertiary/aromatic N) is 5. The lowest BCUT2D eigenvalue weighted by Crippen LogP contribution is -2.56. The molecule has 3 rings (SSSR count). The van der Waals surface area contributed by atoms with Crippen molar-refractivity contribution in [3.05, 3.63) is 18.5 Å². The van der Waals surface area contributed by atoms with Gasteiger partial charge >= 0.3 is 0 Å². The van der Waals surface area contributed by atoms with Crippen molar-refractivity contribution >= 4 is 11.9 Å². The van der Waals surface area contributed by atoms with Crippen LogP contribution < -0.4 is 4.90 Å². The van der Waals surface area contributed by atoms with Crippen molar-refractivity contribution in [3.63, 3.8) is 0 Å². The van der Waals surface area contributed by atoms with Crippen LogP contribution in [-0.2, 0) is 4.79 Å². The standard InChI is InChI=1S/C16H25N5O/c1-13-11-19(2)9-10-21(13)15(22)14-5-3-8-20(12-14)16-17-6-4-7-18-16/h4,6-7,13-14H,3,5,8-12H2,1-2H3/t13-,14+/m0/s1. The number of hydrogen-bond donors (Lipinski definition) is 0. The van der Waals surface area contributed by atoms with E-state index in [4.69, 9.17) is 0 Å². The van der Waals surface area contributed by atoms with E-state index in [-0.39, 0.29) is 5.92 Å². The molecule has 2 saturated heterocycles. The number of likely N-dealkylation sites (N-methyl/N-ethyl adjacent to an activating group) is 1. The Bertz CT molecular complexity index is 509. The van der Waals surface area contributed by atoms with Crippen molar-refractivity contribution in [2.45, 2.75) is 25.8 Å². The highest BCUT2D eigenvalue weighted by Gasteiger charge is 2.33. The van der Waals surface area contributed by atoms with Gasteiger partial charge in [0.05, 0.1) is 5.92 Å². The number of anilines is 1. The molecular formula is C16H25N5O. The molecule has 0 aromatic carbocycles. The van der Waals surface area contributed by atoms with Gasteiger partial charge < -0.3 is 14.7 Å². The van der Waals surface area contributed by atoms with E-state index < -0.39 is 0 Å². The fraction of sp³-hybridized carbons (Fsp3) is 0.688. The zero-order valence-corrected chi connectivity index (χ0v) is 13.5. The molecule has 1 aromatic heterocycles. The number of rotatable bonds is 2. The third kappa shape index (κ3) is 3.21. The maximum atomic E-state index is 12.9. The van der Waals surface area contributed by atoms with Crippen LogP contribution in [0.2, 0.25) is 0 Å². The molecule has 6 nitrogen and oxygen atoms in total. The quantitative estimate of drug-likeness (QED) is 0.811. The van der Waals surface area contributed by atoms with Gasteiger partial charge in [-0.2, -0.15) is 0 Å². The number of piperazine rings is 1. The summed E-state index contributed by atoms with van der Waals surface area (Å²) in [4.78, 5) is 28.0. The SMILES string of the molecule is C[C@H]1CN(C)CCN1C(=O)[C@@H]1CCCN(c2ncccn2)C1. The number of carbonyl (C=O) groups is 1. The molecule has 6 heteroatoms. The summed E-state index contributed by atoms with van der Waals surface area (Å²) in [5, 5.41) is 0. The van der Waals surface area contributed by atoms with Crippen LogP contribution in [0.25, 0.3) is 0 Å². The number of piperidine rings is 1. The van der Waals surface area contributed by atoms with Crippen LogP contribution in [0.3, 0.4) is 0 Å². The Morgan fingerprint density at radius 2 is 1.95 bits per heavy atom. The van der Waals surface area contributed by atoms with E-state index in [0.29, 0.717) is 11.9 Å². The summed E-state index contributed by atoms with van der Waals surface area (Å²) in [5.74, 6) is 1.12. The second kappa shape index (κ2) is 6.60. The maximum absolute atomic E-state index is 12.9. The van der Waals surface area contributed by atoms with Crippen LogP contribution in [0, 0.1) is 5.92 Å². The smallest absolute Gasteiger partial charge is 0.227 e. The first-order valence-electron chi connectivity index (χ1n) is 8.16. The van der Waals surface area contributed by atoms with Gasteiger partial charge in [0.1, 0.15) is 0 Å². The second-order valence-corrected chi connectivity index (χ2v) is 6.48. The highest BCUT2D eigenvalue weighted by molar-refractivity contribution is 5.80. The van der Waals surface area contributed by atoms with Crippen LogP contribution in [0.15, 0.2) is 18.5 Å². The predicted molar refractivity (Wildman–Crippen MR) is 85.6 cm³/mol. The largest absolute Gasteiger partial charge is 0.340 e.